The molecule has 0 N–H and O–H groups in total. The topological polar surface area (TPSA) is 67.3 Å². The summed E-state index contributed by atoms with van der Waals surface area (Å²) in [6.45, 7) is -0.384. The normalized spacial score (nSPS) is 12.1. The van der Waals surface area contributed by atoms with Gasteiger partial charge in [-0.1, -0.05) is 17.7 Å². The van der Waals surface area contributed by atoms with E-state index in [1.165, 1.54) is 19.2 Å². The van der Waals surface area contributed by atoms with Crippen molar-refractivity contribution in [1.29, 1.82) is 0 Å². The Morgan fingerprint density at radius 3 is 2.46 bits per heavy atom. The van der Waals surface area contributed by atoms with Crippen molar-refractivity contribution in [2.24, 2.45) is 0 Å². The van der Waals surface area contributed by atoms with Crippen molar-refractivity contribution < 1.29 is 30.8 Å². The van der Waals surface area contributed by atoms with Crippen molar-refractivity contribution in [3.05, 3.63) is 58.5 Å². The molecule has 26 heavy (non-hydrogen) atoms. The Labute approximate surface area is 151 Å². The second kappa shape index (κ2) is 7.20. The van der Waals surface area contributed by atoms with Gasteiger partial charge >= 0.3 is 5.51 Å². The van der Waals surface area contributed by atoms with Gasteiger partial charge in [0.1, 0.15) is 5.82 Å². The van der Waals surface area contributed by atoms with Gasteiger partial charge in [0.15, 0.2) is 5.03 Å². The number of hydrogen-bond donors (Lipinski definition) is 0. The molecule has 0 radical (unpaired) electrons. The molecule has 5 nitrogen and oxygen atoms in total. The highest BCUT2D eigenvalue weighted by molar-refractivity contribution is 7.92. The van der Waals surface area contributed by atoms with Crippen LogP contribution >= 0.6 is 11.6 Å². The van der Waals surface area contributed by atoms with Crippen LogP contribution in [0.25, 0.3) is 0 Å². The molecule has 0 spiro atoms. The van der Waals surface area contributed by atoms with Gasteiger partial charge in [-0.25, -0.2) is 17.8 Å². The van der Waals surface area contributed by atoms with E-state index in [0.29, 0.717) is 0 Å². The zero-order chi connectivity index (χ0) is 19.7. The number of hydrogen-bond acceptors (Lipinski definition) is 4. The second-order valence-corrected chi connectivity index (χ2v) is 7.43. The number of pyridine rings is 1. The molecule has 1 heterocycles. The van der Waals surface area contributed by atoms with E-state index in [0.717, 1.165) is 29.3 Å². The van der Waals surface area contributed by atoms with E-state index < -0.39 is 37.7 Å². The first-order valence-corrected chi connectivity index (χ1v) is 8.77. The lowest BCUT2D eigenvalue weighted by Gasteiger charge is -2.20. The minimum absolute atomic E-state index is 0.0129. The van der Waals surface area contributed by atoms with Crippen LogP contribution in [0.2, 0.25) is 5.02 Å². The molecule has 1 aromatic carbocycles. The Morgan fingerprint density at radius 2 is 1.88 bits per heavy atom. The first kappa shape index (κ1) is 20.1. The van der Waals surface area contributed by atoms with Gasteiger partial charge in [-0.2, -0.15) is 13.2 Å². The van der Waals surface area contributed by atoms with E-state index in [1.807, 2.05) is 0 Å². The highest BCUT2D eigenvalue weighted by atomic mass is 35.5. The van der Waals surface area contributed by atoms with Gasteiger partial charge in [0.25, 0.3) is 15.7 Å². The standard InChI is InChI=1S/C15H11ClF4N2O3S/c1-22(8-10-11(16)5-2-6-12(10)17)14(23)9-4-3-7-21-13(9)26(24,25)15(18,19)20/h2-7H,8H2,1H3. The van der Waals surface area contributed by atoms with Crippen molar-refractivity contribution in [3.8, 4) is 0 Å². The SMILES string of the molecule is CN(Cc1c(F)cccc1Cl)C(=O)c1cccnc1S(=O)(=O)C(F)(F)F. The van der Waals surface area contributed by atoms with E-state index in [4.69, 9.17) is 11.6 Å². The molecule has 11 heteroatoms. The number of carbonyl (C=O) groups is 1. The quantitative estimate of drug-likeness (QED) is 0.724. The molecule has 0 saturated heterocycles. The maximum atomic E-state index is 13.8. The number of rotatable bonds is 4. The maximum Gasteiger partial charge on any atom is 0.503 e. The number of amides is 1. The molecule has 0 aliphatic heterocycles. The maximum absolute atomic E-state index is 13.8. The molecule has 0 saturated carbocycles. The van der Waals surface area contributed by atoms with Crippen molar-refractivity contribution in [2.75, 3.05) is 7.05 Å². The molecule has 0 fully saturated rings. The molecule has 0 atom stereocenters. The molecule has 2 aromatic rings. The largest absolute Gasteiger partial charge is 0.503 e. The lowest BCUT2D eigenvalue weighted by atomic mass is 10.2. The minimum Gasteiger partial charge on any atom is -0.337 e. The van der Waals surface area contributed by atoms with Crippen LogP contribution in [0, 0.1) is 5.82 Å². The number of halogens is 5. The fourth-order valence-corrected chi connectivity index (χ4v) is 3.16. The average molecular weight is 411 g/mol. The molecule has 0 aliphatic rings. The third kappa shape index (κ3) is 3.80. The molecule has 1 aromatic heterocycles. The Hall–Kier alpha value is -2.20. The van der Waals surface area contributed by atoms with E-state index >= 15 is 0 Å². The molecular weight excluding hydrogens is 400 g/mol. The van der Waals surface area contributed by atoms with Gasteiger partial charge in [-0.3, -0.25) is 4.79 Å². The summed E-state index contributed by atoms with van der Waals surface area (Å²) in [6.07, 6.45) is 0.823. The Kier molecular flexibility index (Phi) is 5.57. The fraction of sp³-hybridized carbons (Fsp3) is 0.200. The summed E-state index contributed by atoms with van der Waals surface area (Å²) in [5, 5.41) is -1.40. The lowest BCUT2D eigenvalue weighted by molar-refractivity contribution is -0.0438. The summed E-state index contributed by atoms with van der Waals surface area (Å²) in [5.41, 5.74) is -6.46. The summed E-state index contributed by atoms with van der Waals surface area (Å²) in [5.74, 6) is -1.80. The number of benzene rings is 1. The van der Waals surface area contributed by atoms with Gasteiger partial charge in [-0.05, 0) is 24.3 Å². The summed E-state index contributed by atoms with van der Waals surface area (Å²) in [6, 6.07) is 5.84. The number of sulfone groups is 1. The van der Waals surface area contributed by atoms with E-state index in [1.54, 1.807) is 0 Å². The summed E-state index contributed by atoms with van der Waals surface area (Å²) in [7, 11) is -4.66. The van der Waals surface area contributed by atoms with Crippen molar-refractivity contribution in [2.45, 2.75) is 17.1 Å². The zero-order valence-corrected chi connectivity index (χ0v) is 14.7. The molecule has 1 amide bonds. The van der Waals surface area contributed by atoms with Crippen molar-refractivity contribution in [1.82, 2.24) is 9.88 Å². The van der Waals surface area contributed by atoms with E-state index in [9.17, 15) is 30.8 Å². The van der Waals surface area contributed by atoms with Crippen LogP contribution in [0.1, 0.15) is 15.9 Å². The van der Waals surface area contributed by atoms with Gasteiger partial charge in [0.05, 0.1) is 5.56 Å². The number of aromatic nitrogens is 1. The second-order valence-electron chi connectivity index (χ2n) is 5.17. The van der Waals surface area contributed by atoms with Crippen LogP contribution in [0.15, 0.2) is 41.6 Å². The number of nitrogens with zero attached hydrogens (tertiary/aromatic N) is 2. The van der Waals surface area contributed by atoms with Crippen LogP contribution < -0.4 is 0 Å². The van der Waals surface area contributed by atoms with Gasteiger partial charge in [0.2, 0.25) is 0 Å². The summed E-state index contributed by atoms with van der Waals surface area (Å²) < 4.78 is 75.5. The molecule has 0 bridgehead atoms. The third-order valence-electron chi connectivity index (χ3n) is 3.36. The lowest BCUT2D eigenvalue weighted by Crippen LogP contribution is -2.31. The van der Waals surface area contributed by atoms with Crippen LogP contribution in [-0.2, 0) is 16.4 Å². The van der Waals surface area contributed by atoms with Crippen LogP contribution in [0.3, 0.4) is 0 Å². The summed E-state index contributed by atoms with van der Waals surface area (Å²) in [4.78, 5) is 16.5. The highest BCUT2D eigenvalue weighted by Gasteiger charge is 2.49. The van der Waals surface area contributed by atoms with E-state index in [-0.39, 0.29) is 17.1 Å². The van der Waals surface area contributed by atoms with Gasteiger partial charge in [-0.15, -0.1) is 0 Å². The molecule has 140 valence electrons. The molecule has 2 rings (SSSR count). The van der Waals surface area contributed by atoms with Crippen molar-refractivity contribution in [3.63, 3.8) is 0 Å². The first-order chi connectivity index (χ1) is 12.0. The monoisotopic (exact) mass is 410 g/mol. The Morgan fingerprint density at radius 1 is 1.23 bits per heavy atom. The smallest absolute Gasteiger partial charge is 0.337 e. The van der Waals surface area contributed by atoms with Crippen molar-refractivity contribution >= 4 is 27.3 Å². The first-order valence-electron chi connectivity index (χ1n) is 6.91. The Balaban J connectivity index is 2.42. The highest BCUT2D eigenvalue weighted by Crippen LogP contribution is 2.31. The third-order valence-corrected chi connectivity index (χ3v) is 5.16. The van der Waals surface area contributed by atoms with Crippen LogP contribution in [-0.4, -0.2) is 36.8 Å². The number of alkyl halides is 3. The predicted octanol–water partition coefficient (Wildman–Crippen LogP) is 3.44. The average Bonchev–Trinajstić information content (AvgIpc) is 2.56. The molecule has 0 aliphatic carbocycles. The van der Waals surface area contributed by atoms with E-state index in [2.05, 4.69) is 4.98 Å². The predicted molar refractivity (Wildman–Crippen MR) is 84.7 cm³/mol. The van der Waals surface area contributed by atoms with Gasteiger partial charge < -0.3 is 4.90 Å². The fourth-order valence-electron chi connectivity index (χ4n) is 2.08. The molecular formula is C15H11ClF4N2O3S. The molecule has 0 unspecified atom stereocenters. The minimum atomic E-state index is -5.83. The zero-order valence-electron chi connectivity index (χ0n) is 13.1. The summed E-state index contributed by atoms with van der Waals surface area (Å²) >= 11 is 5.85. The number of carbonyl (C=O) groups excluding carboxylic acids is 1. The van der Waals surface area contributed by atoms with Crippen LogP contribution in [0.5, 0.6) is 0 Å². The van der Waals surface area contributed by atoms with Gasteiger partial charge in [0, 0.05) is 30.4 Å². The Bertz CT molecular complexity index is 928. The van der Waals surface area contributed by atoms with Crippen LogP contribution in [0.4, 0.5) is 17.6 Å².